The molecule has 1 aromatic heterocycles. The second-order valence-electron chi connectivity index (χ2n) is 5.14. The van der Waals surface area contributed by atoms with Crippen molar-refractivity contribution in [2.45, 2.75) is 39.0 Å². The first-order valence-corrected chi connectivity index (χ1v) is 6.47. The number of aromatic nitrogens is 1. The number of aliphatic carboxylic acids is 1. The Morgan fingerprint density at radius 3 is 2.78 bits per heavy atom. The maximum Gasteiger partial charge on any atom is 0.306 e. The van der Waals surface area contributed by atoms with E-state index in [-0.39, 0.29) is 5.92 Å². The fraction of sp³-hybridized carbons (Fsp3) is 0.467. The highest BCUT2D eigenvalue weighted by molar-refractivity contribution is 5.73. The van der Waals surface area contributed by atoms with Crippen LogP contribution in [0.4, 0.5) is 0 Å². The molecule has 1 atom stereocenters. The SMILES string of the molecule is CC(C)c1cccc(C2=CCC(C(=O)O)CC2)n1. The summed E-state index contributed by atoms with van der Waals surface area (Å²) in [5.41, 5.74) is 3.29. The quantitative estimate of drug-likeness (QED) is 0.887. The molecule has 96 valence electrons. The monoisotopic (exact) mass is 245 g/mol. The van der Waals surface area contributed by atoms with Crippen LogP contribution < -0.4 is 0 Å². The highest BCUT2D eigenvalue weighted by Crippen LogP contribution is 2.29. The van der Waals surface area contributed by atoms with Crippen molar-refractivity contribution in [3.8, 4) is 0 Å². The van der Waals surface area contributed by atoms with Crippen molar-refractivity contribution < 1.29 is 9.90 Å². The van der Waals surface area contributed by atoms with Crippen LogP contribution in [0.5, 0.6) is 0 Å². The molecule has 1 heterocycles. The van der Waals surface area contributed by atoms with E-state index in [0.717, 1.165) is 24.2 Å². The second kappa shape index (κ2) is 5.34. The van der Waals surface area contributed by atoms with Gasteiger partial charge in [-0.15, -0.1) is 0 Å². The summed E-state index contributed by atoms with van der Waals surface area (Å²) in [6, 6.07) is 6.08. The van der Waals surface area contributed by atoms with E-state index >= 15 is 0 Å². The van der Waals surface area contributed by atoms with Crippen molar-refractivity contribution in [1.29, 1.82) is 0 Å². The van der Waals surface area contributed by atoms with E-state index in [1.165, 1.54) is 5.57 Å². The van der Waals surface area contributed by atoms with Crippen LogP contribution in [0.3, 0.4) is 0 Å². The number of carboxylic acid groups (broad SMARTS) is 1. The Labute approximate surface area is 108 Å². The van der Waals surface area contributed by atoms with Gasteiger partial charge in [0.05, 0.1) is 11.6 Å². The van der Waals surface area contributed by atoms with Crippen LogP contribution in [0.1, 0.15) is 50.4 Å². The molecule has 18 heavy (non-hydrogen) atoms. The van der Waals surface area contributed by atoms with E-state index in [1.54, 1.807) is 0 Å². The number of carboxylic acids is 1. The molecule has 1 aromatic rings. The zero-order valence-corrected chi connectivity index (χ0v) is 10.9. The van der Waals surface area contributed by atoms with E-state index < -0.39 is 5.97 Å². The van der Waals surface area contributed by atoms with E-state index in [1.807, 2.05) is 24.3 Å². The molecule has 2 rings (SSSR count). The highest BCUT2D eigenvalue weighted by atomic mass is 16.4. The molecule has 1 unspecified atom stereocenters. The lowest BCUT2D eigenvalue weighted by atomic mass is 9.88. The van der Waals surface area contributed by atoms with Crippen LogP contribution in [0.15, 0.2) is 24.3 Å². The molecule has 0 saturated heterocycles. The van der Waals surface area contributed by atoms with Gasteiger partial charge in [0.2, 0.25) is 0 Å². The number of carbonyl (C=O) groups is 1. The van der Waals surface area contributed by atoms with Gasteiger partial charge in [0.1, 0.15) is 0 Å². The summed E-state index contributed by atoms with van der Waals surface area (Å²) < 4.78 is 0. The fourth-order valence-corrected chi connectivity index (χ4v) is 2.24. The van der Waals surface area contributed by atoms with E-state index in [0.29, 0.717) is 12.3 Å². The summed E-state index contributed by atoms with van der Waals surface area (Å²) in [6.07, 6.45) is 4.19. The van der Waals surface area contributed by atoms with Crippen LogP contribution in [0.2, 0.25) is 0 Å². The minimum Gasteiger partial charge on any atom is -0.481 e. The topological polar surface area (TPSA) is 50.2 Å². The molecule has 0 amide bonds. The van der Waals surface area contributed by atoms with Crippen molar-refractivity contribution in [3.05, 3.63) is 35.7 Å². The summed E-state index contributed by atoms with van der Waals surface area (Å²) in [5, 5.41) is 8.97. The second-order valence-corrected chi connectivity index (χ2v) is 5.14. The Hall–Kier alpha value is -1.64. The van der Waals surface area contributed by atoms with Gasteiger partial charge in [0, 0.05) is 5.69 Å². The molecule has 1 aliphatic rings. The fourth-order valence-electron chi connectivity index (χ4n) is 2.24. The molecule has 3 heteroatoms. The van der Waals surface area contributed by atoms with Crippen LogP contribution in [-0.2, 0) is 4.79 Å². The van der Waals surface area contributed by atoms with Crippen LogP contribution >= 0.6 is 0 Å². The first kappa shape index (κ1) is 12.8. The van der Waals surface area contributed by atoms with Gasteiger partial charge in [0.15, 0.2) is 0 Å². The predicted octanol–water partition coefficient (Wildman–Crippen LogP) is 3.47. The summed E-state index contributed by atoms with van der Waals surface area (Å²) in [5.74, 6) is -0.489. The molecule has 0 spiro atoms. The standard InChI is InChI=1S/C15H19NO2/c1-10(2)13-4-3-5-14(16-13)11-6-8-12(9-7-11)15(17)18/h3-6,10,12H,7-9H2,1-2H3,(H,17,18). The van der Waals surface area contributed by atoms with Gasteiger partial charge in [-0.2, -0.15) is 0 Å². The van der Waals surface area contributed by atoms with Crippen LogP contribution in [0, 0.1) is 5.92 Å². The Morgan fingerprint density at radius 1 is 1.44 bits per heavy atom. The minimum atomic E-state index is -0.686. The molecular formula is C15H19NO2. The summed E-state index contributed by atoms with van der Waals surface area (Å²) in [7, 11) is 0. The molecule has 0 radical (unpaired) electrons. The number of nitrogens with zero attached hydrogens (tertiary/aromatic N) is 1. The van der Waals surface area contributed by atoms with Gasteiger partial charge in [-0.1, -0.05) is 26.0 Å². The number of hydrogen-bond donors (Lipinski definition) is 1. The molecule has 3 nitrogen and oxygen atoms in total. The van der Waals surface area contributed by atoms with E-state index in [4.69, 9.17) is 5.11 Å². The molecule has 0 aliphatic heterocycles. The Balaban J connectivity index is 2.18. The van der Waals surface area contributed by atoms with E-state index in [9.17, 15) is 4.79 Å². The molecule has 1 N–H and O–H groups in total. The largest absolute Gasteiger partial charge is 0.481 e. The molecule has 0 saturated carbocycles. The average Bonchev–Trinajstić information content (AvgIpc) is 2.39. The van der Waals surface area contributed by atoms with Gasteiger partial charge in [-0.25, -0.2) is 0 Å². The third-order valence-corrected chi connectivity index (χ3v) is 3.45. The van der Waals surface area contributed by atoms with Gasteiger partial charge in [-0.05, 0) is 42.9 Å². The Kier molecular flexibility index (Phi) is 3.80. The number of rotatable bonds is 3. The third kappa shape index (κ3) is 2.78. The van der Waals surface area contributed by atoms with Crippen LogP contribution in [-0.4, -0.2) is 16.1 Å². The lowest BCUT2D eigenvalue weighted by Gasteiger charge is -2.18. The van der Waals surface area contributed by atoms with Crippen LogP contribution in [0.25, 0.3) is 5.57 Å². The van der Waals surface area contributed by atoms with Crippen molar-refractivity contribution in [3.63, 3.8) is 0 Å². The van der Waals surface area contributed by atoms with Gasteiger partial charge < -0.3 is 5.11 Å². The number of allylic oxidation sites excluding steroid dienone is 2. The number of hydrogen-bond acceptors (Lipinski definition) is 2. The van der Waals surface area contributed by atoms with Crippen molar-refractivity contribution in [1.82, 2.24) is 4.98 Å². The van der Waals surface area contributed by atoms with Crippen molar-refractivity contribution >= 4 is 11.5 Å². The van der Waals surface area contributed by atoms with Crippen molar-refractivity contribution in [2.75, 3.05) is 0 Å². The van der Waals surface area contributed by atoms with Gasteiger partial charge >= 0.3 is 5.97 Å². The Morgan fingerprint density at radius 2 is 2.22 bits per heavy atom. The maximum atomic E-state index is 10.9. The summed E-state index contributed by atoms with van der Waals surface area (Å²) >= 11 is 0. The molecule has 0 fully saturated rings. The predicted molar refractivity (Wildman–Crippen MR) is 71.3 cm³/mol. The molecular weight excluding hydrogens is 226 g/mol. The zero-order chi connectivity index (χ0) is 13.1. The smallest absolute Gasteiger partial charge is 0.306 e. The third-order valence-electron chi connectivity index (χ3n) is 3.45. The van der Waals surface area contributed by atoms with Crippen molar-refractivity contribution in [2.24, 2.45) is 5.92 Å². The maximum absolute atomic E-state index is 10.9. The molecule has 0 aromatic carbocycles. The average molecular weight is 245 g/mol. The zero-order valence-electron chi connectivity index (χ0n) is 10.9. The highest BCUT2D eigenvalue weighted by Gasteiger charge is 2.21. The van der Waals surface area contributed by atoms with Gasteiger partial charge in [0.25, 0.3) is 0 Å². The minimum absolute atomic E-state index is 0.220. The summed E-state index contributed by atoms with van der Waals surface area (Å²) in [6.45, 7) is 4.25. The summed E-state index contributed by atoms with van der Waals surface area (Å²) in [4.78, 5) is 15.5. The lowest BCUT2D eigenvalue weighted by Crippen LogP contribution is -2.16. The number of pyridine rings is 1. The van der Waals surface area contributed by atoms with Gasteiger partial charge in [-0.3, -0.25) is 9.78 Å². The first-order valence-electron chi connectivity index (χ1n) is 6.47. The van der Waals surface area contributed by atoms with E-state index in [2.05, 4.69) is 18.8 Å². The normalized spacial score (nSPS) is 19.7. The molecule has 1 aliphatic carbocycles. The first-order chi connectivity index (χ1) is 8.58. The molecule has 0 bridgehead atoms. The lowest BCUT2D eigenvalue weighted by molar-refractivity contribution is -0.141. The Bertz CT molecular complexity index is 477.